The van der Waals surface area contributed by atoms with Gasteiger partial charge in [0, 0.05) is 31.4 Å². The molecule has 0 spiro atoms. The molecule has 1 aromatic rings. The number of pyridine rings is 1. The van der Waals surface area contributed by atoms with Gasteiger partial charge in [-0.25, -0.2) is 13.4 Å². The number of nitriles is 1. The van der Waals surface area contributed by atoms with Crippen molar-refractivity contribution in [3.63, 3.8) is 0 Å². The molecule has 0 bridgehead atoms. The second kappa shape index (κ2) is 9.50. The van der Waals surface area contributed by atoms with E-state index in [4.69, 9.17) is 15.2 Å². The first-order valence-corrected chi connectivity index (χ1v) is 10.4. The average molecular weight is 380 g/mol. The van der Waals surface area contributed by atoms with Gasteiger partial charge in [0.1, 0.15) is 21.7 Å². The van der Waals surface area contributed by atoms with Crippen molar-refractivity contribution in [3.8, 4) is 6.07 Å². The third kappa shape index (κ3) is 5.68. The second-order valence-corrected chi connectivity index (χ2v) is 8.76. The Morgan fingerprint density at radius 3 is 2.46 bits per heavy atom. The van der Waals surface area contributed by atoms with Crippen LogP contribution in [0.25, 0.3) is 0 Å². The Labute approximate surface area is 153 Å². The van der Waals surface area contributed by atoms with Crippen molar-refractivity contribution in [1.29, 1.82) is 5.26 Å². The molecule has 1 aromatic heterocycles. The zero-order chi connectivity index (χ0) is 19.0. The Hall–Kier alpha value is -2.18. The fraction of sp³-hybridized carbons (Fsp3) is 0.588. The van der Waals surface area contributed by atoms with Gasteiger partial charge >= 0.3 is 0 Å². The number of rotatable bonds is 3. The number of carbonyl (C=O) groups is 1. The summed E-state index contributed by atoms with van der Waals surface area (Å²) in [7, 11) is -2.79. The summed E-state index contributed by atoms with van der Waals surface area (Å²) in [5.74, 6) is 1.32. The van der Waals surface area contributed by atoms with Gasteiger partial charge in [0.15, 0.2) is 0 Å². The summed E-state index contributed by atoms with van der Waals surface area (Å²) in [6, 6.07) is 6.43. The van der Waals surface area contributed by atoms with E-state index in [2.05, 4.69) is 21.3 Å². The van der Waals surface area contributed by atoms with Crippen LogP contribution in [-0.4, -0.2) is 66.6 Å². The molecular formula is C17H24N4O4S. The Kier molecular flexibility index (Phi) is 7.36. The predicted molar refractivity (Wildman–Crippen MR) is 97.5 cm³/mol. The van der Waals surface area contributed by atoms with Crippen molar-refractivity contribution in [2.45, 2.75) is 37.8 Å². The van der Waals surface area contributed by atoms with Crippen LogP contribution in [0.2, 0.25) is 0 Å². The van der Waals surface area contributed by atoms with E-state index >= 15 is 0 Å². The number of hydrogen-bond acceptors (Lipinski definition) is 7. The molecule has 2 aliphatic heterocycles. The lowest BCUT2D eigenvalue weighted by molar-refractivity contribution is -0.122. The molecule has 2 saturated heterocycles. The molecule has 0 aliphatic carbocycles. The Morgan fingerprint density at radius 1 is 1.27 bits per heavy atom. The molecule has 2 aliphatic rings. The Balaban J connectivity index is 0.000000758. The van der Waals surface area contributed by atoms with Crippen LogP contribution in [-0.2, 0) is 14.6 Å². The summed E-state index contributed by atoms with van der Waals surface area (Å²) in [6.45, 7) is 1.69. The van der Waals surface area contributed by atoms with Crippen LogP contribution in [0.3, 0.4) is 0 Å². The summed E-state index contributed by atoms with van der Waals surface area (Å²) >= 11 is 0. The van der Waals surface area contributed by atoms with Crippen LogP contribution >= 0.6 is 0 Å². The third-order valence-corrected chi connectivity index (χ3v) is 6.55. The van der Waals surface area contributed by atoms with Gasteiger partial charge in [-0.2, -0.15) is 5.26 Å². The minimum absolute atomic E-state index is 0.250. The fourth-order valence-electron chi connectivity index (χ4n) is 3.46. The molecule has 0 unspecified atom stereocenters. The first kappa shape index (κ1) is 20.1. The maximum Gasteiger partial charge on any atom is 0.290 e. The smallest absolute Gasteiger partial charge is 0.290 e. The first-order chi connectivity index (χ1) is 12.5. The van der Waals surface area contributed by atoms with E-state index in [1.807, 2.05) is 0 Å². The van der Waals surface area contributed by atoms with Crippen LogP contribution < -0.4 is 5.32 Å². The zero-order valence-corrected chi connectivity index (χ0v) is 15.4. The molecular weight excluding hydrogens is 356 g/mol. The number of likely N-dealkylation sites (tertiary alicyclic amines) is 1. The van der Waals surface area contributed by atoms with E-state index in [1.165, 1.54) is 0 Å². The van der Waals surface area contributed by atoms with Gasteiger partial charge in [0.25, 0.3) is 6.47 Å². The van der Waals surface area contributed by atoms with Crippen LogP contribution in [0.5, 0.6) is 0 Å². The maximum absolute atomic E-state index is 11.5. The molecule has 142 valence electrons. The minimum atomic E-state index is -2.79. The normalized spacial score (nSPS) is 21.0. The summed E-state index contributed by atoms with van der Waals surface area (Å²) in [5.41, 5.74) is 0.576. The number of nitrogens with zero attached hydrogens (tertiary/aromatic N) is 3. The lowest BCUT2D eigenvalue weighted by Crippen LogP contribution is -2.47. The summed E-state index contributed by atoms with van der Waals surface area (Å²) < 4.78 is 23.1. The van der Waals surface area contributed by atoms with Gasteiger partial charge in [-0.15, -0.1) is 0 Å². The highest BCUT2D eigenvalue weighted by atomic mass is 32.2. The van der Waals surface area contributed by atoms with Crippen molar-refractivity contribution in [2.24, 2.45) is 0 Å². The Morgan fingerprint density at radius 2 is 1.88 bits per heavy atom. The van der Waals surface area contributed by atoms with Crippen molar-refractivity contribution < 1.29 is 18.3 Å². The number of carboxylic acid groups (broad SMARTS) is 1. The number of piperidine rings is 1. The molecule has 0 atom stereocenters. The van der Waals surface area contributed by atoms with Crippen LogP contribution in [0, 0.1) is 11.3 Å². The molecule has 3 heterocycles. The van der Waals surface area contributed by atoms with Crippen LogP contribution in [0.15, 0.2) is 18.3 Å². The first-order valence-electron chi connectivity index (χ1n) is 8.63. The SMILES string of the molecule is N#Cc1cccnc1NC1CCN(C2CCS(=O)(=O)CC2)CC1.O=CO. The number of sulfone groups is 1. The highest BCUT2D eigenvalue weighted by Gasteiger charge is 2.30. The quantitative estimate of drug-likeness (QED) is 0.748. The number of hydrogen-bond donors (Lipinski definition) is 2. The molecule has 0 saturated carbocycles. The lowest BCUT2D eigenvalue weighted by Gasteiger charge is -2.39. The van der Waals surface area contributed by atoms with Crippen molar-refractivity contribution >= 4 is 22.1 Å². The van der Waals surface area contributed by atoms with Gasteiger partial charge in [-0.1, -0.05) is 0 Å². The molecule has 0 amide bonds. The zero-order valence-electron chi connectivity index (χ0n) is 14.5. The molecule has 2 N–H and O–H groups in total. The molecule has 0 radical (unpaired) electrons. The number of anilines is 1. The van der Waals surface area contributed by atoms with Gasteiger partial charge in [-0.05, 0) is 37.8 Å². The van der Waals surface area contributed by atoms with Crippen molar-refractivity contribution in [1.82, 2.24) is 9.88 Å². The molecule has 0 aromatic carbocycles. The molecule has 8 nitrogen and oxygen atoms in total. The highest BCUT2D eigenvalue weighted by Crippen LogP contribution is 2.24. The lowest BCUT2D eigenvalue weighted by atomic mass is 10.0. The predicted octanol–water partition coefficient (Wildman–Crippen LogP) is 1.11. The molecule has 2 fully saturated rings. The number of nitrogens with one attached hydrogen (secondary N) is 1. The minimum Gasteiger partial charge on any atom is -0.483 e. The standard InChI is InChI=1S/C16H22N4O2S.CH2O2/c17-12-13-2-1-7-18-16(13)19-14-3-8-20(9-4-14)15-5-10-23(21,22)11-6-15;2-1-3/h1-2,7,14-15H,3-6,8-11H2,(H,18,19);1H,(H,2,3). The van der Waals surface area contributed by atoms with E-state index < -0.39 is 9.84 Å². The summed E-state index contributed by atoms with van der Waals surface area (Å²) in [6.07, 6.45) is 5.20. The van der Waals surface area contributed by atoms with E-state index in [-0.39, 0.29) is 6.47 Å². The maximum atomic E-state index is 11.5. The van der Waals surface area contributed by atoms with E-state index in [9.17, 15) is 8.42 Å². The molecule has 9 heteroatoms. The third-order valence-electron chi connectivity index (χ3n) is 4.84. The summed E-state index contributed by atoms with van der Waals surface area (Å²) in [5, 5.41) is 19.4. The second-order valence-electron chi connectivity index (χ2n) is 6.45. The fourth-order valence-corrected chi connectivity index (χ4v) is 4.92. The number of aromatic nitrogens is 1. The van der Waals surface area contributed by atoms with Gasteiger partial charge in [-0.3, -0.25) is 4.79 Å². The van der Waals surface area contributed by atoms with Crippen LogP contribution in [0.4, 0.5) is 5.82 Å². The monoisotopic (exact) mass is 380 g/mol. The van der Waals surface area contributed by atoms with E-state index in [0.29, 0.717) is 35.0 Å². The topological polar surface area (TPSA) is 123 Å². The molecule has 26 heavy (non-hydrogen) atoms. The van der Waals surface area contributed by atoms with E-state index in [0.717, 1.165) is 38.8 Å². The van der Waals surface area contributed by atoms with Gasteiger partial charge in [0.2, 0.25) is 0 Å². The Bertz CT molecular complexity index is 725. The summed E-state index contributed by atoms with van der Waals surface area (Å²) in [4.78, 5) is 15.0. The largest absolute Gasteiger partial charge is 0.483 e. The van der Waals surface area contributed by atoms with Gasteiger partial charge in [0.05, 0.1) is 17.1 Å². The highest BCUT2D eigenvalue weighted by molar-refractivity contribution is 7.91. The molecule has 3 rings (SSSR count). The van der Waals surface area contributed by atoms with E-state index in [1.54, 1.807) is 18.3 Å². The van der Waals surface area contributed by atoms with Gasteiger partial charge < -0.3 is 15.3 Å². The van der Waals surface area contributed by atoms with Crippen LogP contribution in [0.1, 0.15) is 31.2 Å². The average Bonchev–Trinajstić information content (AvgIpc) is 2.64. The van der Waals surface area contributed by atoms with Crippen molar-refractivity contribution in [2.75, 3.05) is 29.9 Å². The van der Waals surface area contributed by atoms with Crippen molar-refractivity contribution in [3.05, 3.63) is 23.9 Å².